The molecular formula is C46H32N4. The summed E-state index contributed by atoms with van der Waals surface area (Å²) in [6.45, 7) is 0. The van der Waals surface area contributed by atoms with E-state index in [0.29, 0.717) is 0 Å². The second-order valence-electron chi connectivity index (χ2n) is 12.9. The first-order valence-electron chi connectivity index (χ1n) is 17.3. The van der Waals surface area contributed by atoms with Crippen molar-refractivity contribution in [2.75, 3.05) is 0 Å². The van der Waals surface area contributed by atoms with E-state index in [0.717, 1.165) is 69.2 Å². The van der Waals surface area contributed by atoms with Gasteiger partial charge in [-0.05, 0) is 49.2 Å². The van der Waals surface area contributed by atoms with Crippen molar-refractivity contribution in [1.82, 2.24) is 19.1 Å². The van der Waals surface area contributed by atoms with E-state index in [2.05, 4.69) is 179 Å². The molecule has 0 N–H and O–H groups in total. The molecule has 236 valence electrons. The number of hydrogen-bond donors (Lipinski definition) is 0. The van der Waals surface area contributed by atoms with Crippen molar-refractivity contribution >= 4 is 49.2 Å². The highest BCUT2D eigenvalue weighted by Crippen LogP contribution is 2.42. The molecule has 4 nitrogen and oxygen atoms in total. The van der Waals surface area contributed by atoms with Crippen LogP contribution in [-0.4, -0.2) is 19.1 Å². The number of nitrogens with zero attached hydrogens (tertiary/aromatic N) is 4. The van der Waals surface area contributed by atoms with E-state index in [1.807, 2.05) is 0 Å². The van der Waals surface area contributed by atoms with E-state index >= 15 is 0 Å². The largest absolute Gasteiger partial charge is 0.307 e. The topological polar surface area (TPSA) is 35.6 Å². The molecule has 0 unspecified atom stereocenters. The molecule has 1 aliphatic carbocycles. The molecule has 10 rings (SSSR count). The van der Waals surface area contributed by atoms with Gasteiger partial charge >= 0.3 is 0 Å². The molecule has 0 spiro atoms. The first-order valence-corrected chi connectivity index (χ1v) is 17.3. The predicted molar refractivity (Wildman–Crippen MR) is 208 cm³/mol. The summed E-state index contributed by atoms with van der Waals surface area (Å²) in [5.41, 5.74) is 11.8. The number of allylic oxidation sites excluding steroid dienone is 4. The standard InChI is InChI=1S/C46H32N4/c1-3-16-31(17-4-1)38-30-39(48-46(47-38)32-18-5-2-6-19-32)37-24-15-29-44(49-40-25-11-7-20-33(40)34-21-8-12-26-41(34)49)45(37)50-42-27-13-9-22-35(42)36-23-10-14-28-43(36)50/h1,3-5,7-30H,2,6H2. The maximum atomic E-state index is 5.38. The predicted octanol–water partition coefficient (Wildman–Crippen LogP) is 11.7. The molecule has 0 saturated heterocycles. The van der Waals surface area contributed by atoms with Crippen LogP contribution in [0.3, 0.4) is 0 Å². The summed E-state index contributed by atoms with van der Waals surface area (Å²) in [5, 5.41) is 4.90. The summed E-state index contributed by atoms with van der Waals surface area (Å²) in [6, 6.07) is 54.2. The smallest absolute Gasteiger partial charge is 0.160 e. The molecule has 0 atom stereocenters. The second-order valence-corrected chi connectivity index (χ2v) is 12.9. The molecule has 0 amide bonds. The zero-order valence-electron chi connectivity index (χ0n) is 27.4. The van der Waals surface area contributed by atoms with Crippen molar-refractivity contribution in [3.05, 3.63) is 176 Å². The van der Waals surface area contributed by atoms with Gasteiger partial charge in [0.2, 0.25) is 0 Å². The maximum absolute atomic E-state index is 5.38. The summed E-state index contributed by atoms with van der Waals surface area (Å²) in [4.78, 5) is 10.5. The Kier molecular flexibility index (Phi) is 6.59. The minimum Gasteiger partial charge on any atom is -0.307 e. The highest BCUT2D eigenvalue weighted by Gasteiger charge is 2.23. The molecule has 50 heavy (non-hydrogen) atoms. The highest BCUT2D eigenvalue weighted by atomic mass is 15.1. The molecule has 3 heterocycles. The van der Waals surface area contributed by atoms with Crippen LogP contribution in [0.1, 0.15) is 18.7 Å². The van der Waals surface area contributed by atoms with Crippen LogP contribution in [0.5, 0.6) is 0 Å². The van der Waals surface area contributed by atoms with E-state index in [4.69, 9.17) is 9.97 Å². The minimum absolute atomic E-state index is 0.743. The Labute approximate surface area is 289 Å². The van der Waals surface area contributed by atoms with Gasteiger partial charge in [0.1, 0.15) is 0 Å². The lowest BCUT2D eigenvalue weighted by Crippen LogP contribution is -2.07. The number of rotatable bonds is 5. The third kappa shape index (κ3) is 4.46. The van der Waals surface area contributed by atoms with Crippen LogP contribution < -0.4 is 0 Å². The van der Waals surface area contributed by atoms with Gasteiger partial charge in [0.15, 0.2) is 5.82 Å². The molecular weight excluding hydrogens is 609 g/mol. The van der Waals surface area contributed by atoms with Gasteiger partial charge < -0.3 is 9.13 Å². The Hall–Kier alpha value is -6.52. The molecule has 0 bridgehead atoms. The zero-order chi connectivity index (χ0) is 33.0. The first kappa shape index (κ1) is 28.5. The van der Waals surface area contributed by atoms with Crippen molar-refractivity contribution in [2.24, 2.45) is 0 Å². The maximum Gasteiger partial charge on any atom is 0.160 e. The molecule has 0 radical (unpaired) electrons. The normalized spacial score (nSPS) is 13.1. The van der Waals surface area contributed by atoms with Crippen molar-refractivity contribution in [2.45, 2.75) is 12.8 Å². The van der Waals surface area contributed by atoms with Crippen LogP contribution >= 0.6 is 0 Å². The molecule has 4 heteroatoms. The molecule has 6 aromatic carbocycles. The third-order valence-corrected chi connectivity index (χ3v) is 9.96. The number of hydrogen-bond acceptors (Lipinski definition) is 2. The van der Waals surface area contributed by atoms with Gasteiger partial charge in [0.05, 0.1) is 44.8 Å². The van der Waals surface area contributed by atoms with Gasteiger partial charge in [-0.15, -0.1) is 0 Å². The number of aromatic nitrogens is 4. The fraction of sp³-hybridized carbons (Fsp3) is 0.0435. The second kappa shape index (κ2) is 11.6. The Morgan fingerprint density at radius 2 is 1.00 bits per heavy atom. The van der Waals surface area contributed by atoms with Gasteiger partial charge in [-0.3, -0.25) is 0 Å². The number of fused-ring (bicyclic) bond motifs is 6. The van der Waals surface area contributed by atoms with Gasteiger partial charge in [-0.25, -0.2) is 9.97 Å². The third-order valence-electron chi connectivity index (χ3n) is 9.96. The number of para-hydroxylation sites is 5. The molecule has 0 aliphatic heterocycles. The van der Waals surface area contributed by atoms with Crippen LogP contribution in [0, 0.1) is 0 Å². The lowest BCUT2D eigenvalue weighted by molar-refractivity contribution is 1.03. The quantitative estimate of drug-likeness (QED) is 0.188. The van der Waals surface area contributed by atoms with Gasteiger partial charge in [-0.2, -0.15) is 0 Å². The fourth-order valence-corrected chi connectivity index (χ4v) is 7.75. The molecule has 3 aromatic heterocycles. The van der Waals surface area contributed by atoms with Gasteiger partial charge in [-0.1, -0.05) is 133 Å². The van der Waals surface area contributed by atoms with Gasteiger partial charge in [0, 0.05) is 38.2 Å². The van der Waals surface area contributed by atoms with Gasteiger partial charge in [0.25, 0.3) is 0 Å². The summed E-state index contributed by atoms with van der Waals surface area (Å²) in [5.74, 6) is 0.743. The van der Waals surface area contributed by atoms with E-state index < -0.39 is 0 Å². The summed E-state index contributed by atoms with van der Waals surface area (Å²) < 4.78 is 4.88. The molecule has 0 saturated carbocycles. The van der Waals surface area contributed by atoms with Crippen LogP contribution in [0.4, 0.5) is 0 Å². The Bertz CT molecular complexity index is 2710. The van der Waals surface area contributed by atoms with Crippen LogP contribution in [0.25, 0.3) is 83.1 Å². The highest BCUT2D eigenvalue weighted by molar-refractivity contribution is 6.12. The Morgan fingerprint density at radius 3 is 1.58 bits per heavy atom. The van der Waals surface area contributed by atoms with E-state index in [9.17, 15) is 0 Å². The van der Waals surface area contributed by atoms with Crippen LogP contribution in [0.2, 0.25) is 0 Å². The first-order chi connectivity index (χ1) is 24.8. The lowest BCUT2D eigenvalue weighted by Gasteiger charge is -2.21. The van der Waals surface area contributed by atoms with Crippen LogP contribution in [-0.2, 0) is 0 Å². The Morgan fingerprint density at radius 1 is 0.460 bits per heavy atom. The van der Waals surface area contributed by atoms with Crippen molar-refractivity contribution < 1.29 is 0 Å². The summed E-state index contributed by atoms with van der Waals surface area (Å²) >= 11 is 0. The Balaban J connectivity index is 1.37. The monoisotopic (exact) mass is 640 g/mol. The minimum atomic E-state index is 0.743. The fourth-order valence-electron chi connectivity index (χ4n) is 7.75. The van der Waals surface area contributed by atoms with E-state index in [1.165, 1.54) is 32.6 Å². The van der Waals surface area contributed by atoms with Crippen molar-refractivity contribution in [1.29, 1.82) is 0 Å². The average molecular weight is 641 g/mol. The zero-order valence-corrected chi connectivity index (χ0v) is 27.4. The van der Waals surface area contributed by atoms with E-state index in [-0.39, 0.29) is 0 Å². The van der Waals surface area contributed by atoms with E-state index in [1.54, 1.807) is 0 Å². The summed E-state index contributed by atoms with van der Waals surface area (Å²) in [7, 11) is 0. The van der Waals surface area contributed by atoms with Crippen molar-refractivity contribution in [3.63, 3.8) is 0 Å². The van der Waals surface area contributed by atoms with Crippen molar-refractivity contribution in [3.8, 4) is 33.9 Å². The number of benzene rings is 6. The molecule has 9 aromatic rings. The average Bonchev–Trinajstić information content (AvgIpc) is 3.71. The SMILES string of the molecule is C1=CC(c2nc(-c3ccccc3)cc(-c3cccc(-n4c5ccccc5c5ccccc54)c3-n3c4ccccc4c4ccccc43)n2)=CCC1. The van der Waals surface area contributed by atoms with Crippen LogP contribution in [0.15, 0.2) is 170 Å². The molecule has 0 fully saturated rings. The lowest BCUT2D eigenvalue weighted by atomic mass is 10.0. The summed E-state index contributed by atoms with van der Waals surface area (Å²) in [6.07, 6.45) is 8.67. The molecule has 1 aliphatic rings.